The summed E-state index contributed by atoms with van der Waals surface area (Å²) in [7, 11) is 0. The summed E-state index contributed by atoms with van der Waals surface area (Å²) in [6.45, 7) is 5.18. The third kappa shape index (κ3) is 3.30. The zero-order chi connectivity index (χ0) is 12.3. The van der Waals surface area contributed by atoms with Gasteiger partial charge in [-0.15, -0.1) is 0 Å². The van der Waals surface area contributed by atoms with Crippen molar-refractivity contribution < 1.29 is 4.79 Å². The molecule has 0 aromatic heterocycles. The topological polar surface area (TPSA) is 41.1 Å². The van der Waals surface area contributed by atoms with Gasteiger partial charge in [0.05, 0.1) is 0 Å². The first-order valence-corrected chi connectivity index (χ1v) is 6.25. The lowest BCUT2D eigenvalue weighted by Crippen LogP contribution is -2.27. The van der Waals surface area contributed by atoms with Crippen LogP contribution in [0.15, 0.2) is 18.2 Å². The van der Waals surface area contributed by atoms with Crippen LogP contribution in [0.2, 0.25) is 0 Å². The molecule has 3 nitrogen and oxygen atoms in total. The summed E-state index contributed by atoms with van der Waals surface area (Å²) in [6, 6.07) is 6.39. The van der Waals surface area contributed by atoms with Crippen LogP contribution in [0.3, 0.4) is 0 Å². The standard InChI is InChI=1S/C14H20N2O/c1-10-5-6-13(8-11(10)2)16-14(17)9-12-4-3-7-15-12/h5-6,8,12,15H,3-4,7,9H2,1-2H3,(H,16,17). The van der Waals surface area contributed by atoms with Crippen molar-refractivity contribution in [1.29, 1.82) is 0 Å². The Labute approximate surface area is 103 Å². The van der Waals surface area contributed by atoms with Crippen LogP contribution in [0.25, 0.3) is 0 Å². The molecule has 1 unspecified atom stereocenters. The Morgan fingerprint density at radius 2 is 2.24 bits per heavy atom. The number of carbonyl (C=O) groups excluding carboxylic acids is 1. The Bertz CT molecular complexity index is 409. The van der Waals surface area contributed by atoms with Gasteiger partial charge in [0.1, 0.15) is 0 Å². The van der Waals surface area contributed by atoms with Gasteiger partial charge in [-0.2, -0.15) is 0 Å². The van der Waals surface area contributed by atoms with Crippen molar-refractivity contribution in [3.05, 3.63) is 29.3 Å². The molecule has 1 fully saturated rings. The van der Waals surface area contributed by atoms with Crippen LogP contribution >= 0.6 is 0 Å². The first kappa shape index (κ1) is 12.1. The molecule has 1 aromatic rings. The van der Waals surface area contributed by atoms with Crippen LogP contribution in [0.5, 0.6) is 0 Å². The Morgan fingerprint density at radius 1 is 1.41 bits per heavy atom. The van der Waals surface area contributed by atoms with E-state index < -0.39 is 0 Å². The second-order valence-corrected chi connectivity index (χ2v) is 4.84. The van der Waals surface area contributed by atoms with E-state index in [-0.39, 0.29) is 5.91 Å². The number of benzene rings is 1. The molecule has 1 amide bonds. The Balaban J connectivity index is 1.90. The number of nitrogens with one attached hydrogen (secondary N) is 2. The highest BCUT2D eigenvalue weighted by atomic mass is 16.1. The molecule has 2 rings (SSSR count). The molecule has 1 aliphatic heterocycles. The number of hydrogen-bond acceptors (Lipinski definition) is 2. The predicted octanol–water partition coefficient (Wildman–Crippen LogP) is 2.38. The molecule has 1 saturated heterocycles. The molecular formula is C14H20N2O. The highest BCUT2D eigenvalue weighted by Crippen LogP contribution is 2.15. The minimum Gasteiger partial charge on any atom is -0.326 e. The van der Waals surface area contributed by atoms with Gasteiger partial charge >= 0.3 is 0 Å². The van der Waals surface area contributed by atoms with Gasteiger partial charge in [-0.25, -0.2) is 0 Å². The molecule has 92 valence electrons. The van der Waals surface area contributed by atoms with E-state index in [2.05, 4.69) is 24.5 Å². The normalized spacial score (nSPS) is 19.3. The molecular weight excluding hydrogens is 212 g/mol. The highest BCUT2D eigenvalue weighted by Gasteiger charge is 2.17. The molecule has 17 heavy (non-hydrogen) atoms. The minimum absolute atomic E-state index is 0.104. The third-order valence-electron chi connectivity index (χ3n) is 3.38. The van der Waals surface area contributed by atoms with Crippen molar-refractivity contribution in [1.82, 2.24) is 5.32 Å². The third-order valence-corrected chi connectivity index (χ3v) is 3.38. The summed E-state index contributed by atoms with van der Waals surface area (Å²) >= 11 is 0. The molecule has 3 heteroatoms. The Morgan fingerprint density at radius 3 is 2.88 bits per heavy atom. The smallest absolute Gasteiger partial charge is 0.225 e. The van der Waals surface area contributed by atoms with Gasteiger partial charge in [0.15, 0.2) is 0 Å². The average molecular weight is 232 g/mol. The SMILES string of the molecule is Cc1ccc(NC(=O)CC2CCCN2)cc1C. The maximum Gasteiger partial charge on any atom is 0.225 e. The van der Waals surface area contributed by atoms with Gasteiger partial charge in [-0.3, -0.25) is 4.79 Å². The minimum atomic E-state index is 0.104. The van der Waals surface area contributed by atoms with E-state index in [1.807, 2.05) is 18.2 Å². The van der Waals surface area contributed by atoms with Gasteiger partial charge in [0, 0.05) is 18.2 Å². The molecule has 1 aliphatic rings. The van der Waals surface area contributed by atoms with E-state index in [0.29, 0.717) is 12.5 Å². The predicted molar refractivity (Wildman–Crippen MR) is 70.2 cm³/mol. The lowest BCUT2D eigenvalue weighted by atomic mass is 10.1. The molecule has 0 radical (unpaired) electrons. The second kappa shape index (κ2) is 5.32. The maximum absolute atomic E-state index is 11.8. The van der Waals surface area contributed by atoms with Gasteiger partial charge < -0.3 is 10.6 Å². The summed E-state index contributed by atoms with van der Waals surface area (Å²) < 4.78 is 0. The number of amides is 1. The van der Waals surface area contributed by atoms with Gasteiger partial charge in [0.25, 0.3) is 0 Å². The molecule has 1 aromatic carbocycles. The van der Waals surface area contributed by atoms with Crippen molar-refractivity contribution >= 4 is 11.6 Å². The van der Waals surface area contributed by atoms with Crippen molar-refractivity contribution in [2.24, 2.45) is 0 Å². The summed E-state index contributed by atoms with van der Waals surface area (Å²) in [4.78, 5) is 11.8. The zero-order valence-corrected chi connectivity index (χ0v) is 10.5. The van der Waals surface area contributed by atoms with Crippen LogP contribution in [0.4, 0.5) is 5.69 Å². The quantitative estimate of drug-likeness (QED) is 0.840. The fraction of sp³-hybridized carbons (Fsp3) is 0.500. The van der Waals surface area contributed by atoms with Gasteiger partial charge in [-0.05, 0) is 56.5 Å². The fourth-order valence-corrected chi connectivity index (χ4v) is 2.19. The van der Waals surface area contributed by atoms with E-state index in [4.69, 9.17) is 0 Å². The van der Waals surface area contributed by atoms with Crippen LogP contribution < -0.4 is 10.6 Å². The molecule has 1 heterocycles. The van der Waals surface area contributed by atoms with Crippen molar-refractivity contribution in [2.75, 3.05) is 11.9 Å². The summed E-state index contributed by atoms with van der Waals surface area (Å²) in [5.74, 6) is 0.104. The second-order valence-electron chi connectivity index (χ2n) is 4.84. The monoisotopic (exact) mass is 232 g/mol. The Hall–Kier alpha value is -1.35. The highest BCUT2D eigenvalue weighted by molar-refractivity contribution is 5.91. The van der Waals surface area contributed by atoms with E-state index in [1.54, 1.807) is 0 Å². The number of aryl methyl sites for hydroxylation is 2. The molecule has 0 aliphatic carbocycles. The lowest BCUT2D eigenvalue weighted by Gasteiger charge is -2.11. The lowest BCUT2D eigenvalue weighted by molar-refractivity contribution is -0.116. The zero-order valence-electron chi connectivity index (χ0n) is 10.5. The van der Waals surface area contributed by atoms with E-state index >= 15 is 0 Å². The van der Waals surface area contributed by atoms with E-state index in [0.717, 1.165) is 18.7 Å². The van der Waals surface area contributed by atoms with Crippen LogP contribution in [0.1, 0.15) is 30.4 Å². The van der Waals surface area contributed by atoms with Crippen molar-refractivity contribution in [3.8, 4) is 0 Å². The molecule has 2 N–H and O–H groups in total. The van der Waals surface area contributed by atoms with Crippen LogP contribution in [-0.2, 0) is 4.79 Å². The molecule has 0 bridgehead atoms. The van der Waals surface area contributed by atoms with Gasteiger partial charge in [0.2, 0.25) is 5.91 Å². The van der Waals surface area contributed by atoms with E-state index in [1.165, 1.54) is 17.5 Å². The summed E-state index contributed by atoms with van der Waals surface area (Å²) in [6.07, 6.45) is 2.87. The summed E-state index contributed by atoms with van der Waals surface area (Å²) in [5.41, 5.74) is 3.36. The largest absolute Gasteiger partial charge is 0.326 e. The van der Waals surface area contributed by atoms with E-state index in [9.17, 15) is 4.79 Å². The number of rotatable bonds is 3. The molecule has 1 atom stereocenters. The Kier molecular flexibility index (Phi) is 3.79. The van der Waals surface area contributed by atoms with Crippen LogP contribution in [0, 0.1) is 13.8 Å². The number of carbonyl (C=O) groups is 1. The maximum atomic E-state index is 11.8. The first-order valence-electron chi connectivity index (χ1n) is 6.25. The van der Waals surface area contributed by atoms with Crippen molar-refractivity contribution in [3.63, 3.8) is 0 Å². The fourth-order valence-electron chi connectivity index (χ4n) is 2.19. The molecule has 0 saturated carbocycles. The number of hydrogen-bond donors (Lipinski definition) is 2. The first-order chi connectivity index (χ1) is 8.15. The summed E-state index contributed by atoms with van der Waals surface area (Å²) in [5, 5.41) is 6.29. The van der Waals surface area contributed by atoms with Gasteiger partial charge in [-0.1, -0.05) is 6.07 Å². The number of anilines is 1. The van der Waals surface area contributed by atoms with Crippen molar-refractivity contribution in [2.45, 2.75) is 39.2 Å². The van der Waals surface area contributed by atoms with Crippen LogP contribution in [-0.4, -0.2) is 18.5 Å². The average Bonchev–Trinajstić information content (AvgIpc) is 2.76. The molecule has 0 spiro atoms.